The van der Waals surface area contributed by atoms with E-state index in [1.165, 1.54) is 11.1 Å². The van der Waals surface area contributed by atoms with Gasteiger partial charge in [0.15, 0.2) is 0 Å². The predicted octanol–water partition coefficient (Wildman–Crippen LogP) is 1.51. The van der Waals surface area contributed by atoms with Gasteiger partial charge in [0.05, 0.1) is 6.54 Å². The number of rotatable bonds is 5. The maximum atomic E-state index is 12.6. The summed E-state index contributed by atoms with van der Waals surface area (Å²) in [6.45, 7) is 4.17. The summed E-state index contributed by atoms with van der Waals surface area (Å²) in [5.41, 5.74) is 3.51. The van der Waals surface area contributed by atoms with E-state index in [4.69, 9.17) is 0 Å². The molecule has 1 atom stereocenters. The maximum Gasteiger partial charge on any atom is 0.270 e. The van der Waals surface area contributed by atoms with Crippen molar-refractivity contribution in [1.82, 2.24) is 19.7 Å². The second-order valence-corrected chi connectivity index (χ2v) is 7.42. The van der Waals surface area contributed by atoms with Crippen LogP contribution in [0, 0.1) is 0 Å². The zero-order valence-corrected chi connectivity index (χ0v) is 15.7. The van der Waals surface area contributed by atoms with Gasteiger partial charge in [-0.2, -0.15) is 0 Å². The van der Waals surface area contributed by atoms with Crippen LogP contribution in [0.1, 0.15) is 28.0 Å². The molecule has 2 aliphatic rings. The first-order chi connectivity index (χ1) is 13.1. The molecule has 4 rings (SSSR count). The molecule has 2 aromatic rings. The van der Waals surface area contributed by atoms with Crippen molar-refractivity contribution in [3.05, 3.63) is 59.4 Å². The molecule has 142 valence electrons. The average molecular weight is 366 g/mol. The summed E-state index contributed by atoms with van der Waals surface area (Å²) in [6, 6.07) is 11.8. The third-order valence-electron chi connectivity index (χ3n) is 5.67. The Morgan fingerprint density at radius 2 is 2.00 bits per heavy atom. The van der Waals surface area contributed by atoms with Crippen molar-refractivity contribution in [3.8, 4) is 0 Å². The molecule has 0 fully saturated rings. The lowest BCUT2D eigenvalue weighted by atomic mass is 10.00. The van der Waals surface area contributed by atoms with E-state index in [1.807, 2.05) is 16.8 Å². The lowest BCUT2D eigenvalue weighted by molar-refractivity contribution is -0.126. The van der Waals surface area contributed by atoms with E-state index in [0.29, 0.717) is 18.8 Å². The highest BCUT2D eigenvalue weighted by molar-refractivity contribution is 5.97. The number of nitrogens with one attached hydrogen (secondary N) is 1. The quantitative estimate of drug-likeness (QED) is 0.816. The van der Waals surface area contributed by atoms with Crippen LogP contribution in [0.25, 0.3) is 0 Å². The van der Waals surface area contributed by atoms with Crippen LogP contribution in [0.3, 0.4) is 0 Å². The second kappa shape index (κ2) is 7.56. The van der Waals surface area contributed by atoms with Gasteiger partial charge in [-0.05, 0) is 36.1 Å². The van der Waals surface area contributed by atoms with E-state index in [0.717, 1.165) is 32.5 Å². The van der Waals surface area contributed by atoms with Gasteiger partial charge in [-0.3, -0.25) is 14.5 Å². The number of carbonyl (C=O) groups is 2. The maximum absolute atomic E-state index is 12.6. The monoisotopic (exact) mass is 366 g/mol. The van der Waals surface area contributed by atoms with E-state index in [-0.39, 0.29) is 11.8 Å². The predicted molar refractivity (Wildman–Crippen MR) is 103 cm³/mol. The van der Waals surface area contributed by atoms with Crippen LogP contribution in [-0.2, 0) is 24.3 Å². The first kappa shape index (κ1) is 17.8. The number of carbonyl (C=O) groups excluding carboxylic acids is 2. The largest absolute Gasteiger partial charge is 0.354 e. The van der Waals surface area contributed by atoms with Gasteiger partial charge in [0, 0.05) is 39.4 Å². The molecule has 1 unspecified atom stereocenters. The van der Waals surface area contributed by atoms with Crippen LogP contribution in [0.15, 0.2) is 42.6 Å². The Hall–Kier alpha value is -2.60. The molecule has 2 amide bonds. The Bertz CT molecular complexity index is 844. The Kier molecular flexibility index (Phi) is 4.99. The molecule has 0 saturated carbocycles. The van der Waals surface area contributed by atoms with Gasteiger partial charge in [0.25, 0.3) is 5.91 Å². The molecule has 27 heavy (non-hydrogen) atoms. The molecule has 0 spiro atoms. The van der Waals surface area contributed by atoms with Gasteiger partial charge in [-0.15, -0.1) is 0 Å². The highest BCUT2D eigenvalue weighted by Gasteiger charge is 2.33. The SMILES string of the molecule is CN1C(=O)c2cccn2CC1C(=O)NCCCN1CCc2ccccc2C1. The van der Waals surface area contributed by atoms with Crippen molar-refractivity contribution in [2.24, 2.45) is 0 Å². The fourth-order valence-corrected chi connectivity index (χ4v) is 4.03. The number of amides is 2. The van der Waals surface area contributed by atoms with Gasteiger partial charge >= 0.3 is 0 Å². The van der Waals surface area contributed by atoms with Gasteiger partial charge < -0.3 is 14.8 Å². The molecule has 6 nitrogen and oxygen atoms in total. The fourth-order valence-electron chi connectivity index (χ4n) is 4.03. The van der Waals surface area contributed by atoms with E-state index >= 15 is 0 Å². The normalized spacial score (nSPS) is 19.5. The zero-order valence-electron chi connectivity index (χ0n) is 15.7. The van der Waals surface area contributed by atoms with Crippen LogP contribution >= 0.6 is 0 Å². The lowest BCUT2D eigenvalue weighted by Crippen LogP contribution is -2.53. The molecule has 1 N–H and O–H groups in total. The molecule has 6 heteroatoms. The minimum absolute atomic E-state index is 0.0748. The summed E-state index contributed by atoms with van der Waals surface area (Å²) < 4.78 is 1.86. The third-order valence-corrected chi connectivity index (χ3v) is 5.67. The first-order valence-corrected chi connectivity index (χ1v) is 9.62. The van der Waals surface area contributed by atoms with Crippen molar-refractivity contribution in [2.45, 2.75) is 32.0 Å². The summed E-state index contributed by atoms with van der Waals surface area (Å²) in [4.78, 5) is 28.9. The summed E-state index contributed by atoms with van der Waals surface area (Å²) in [5.74, 6) is -0.174. The minimum Gasteiger partial charge on any atom is -0.354 e. The van der Waals surface area contributed by atoms with E-state index in [1.54, 1.807) is 18.0 Å². The highest BCUT2D eigenvalue weighted by atomic mass is 16.2. The van der Waals surface area contributed by atoms with E-state index in [2.05, 4.69) is 34.5 Å². The Morgan fingerprint density at radius 3 is 2.85 bits per heavy atom. The molecule has 0 bridgehead atoms. The Balaban J connectivity index is 1.24. The van der Waals surface area contributed by atoms with Crippen molar-refractivity contribution in [1.29, 1.82) is 0 Å². The number of likely N-dealkylation sites (N-methyl/N-ethyl adjacent to an activating group) is 1. The number of benzene rings is 1. The smallest absolute Gasteiger partial charge is 0.270 e. The molecule has 1 aromatic heterocycles. The summed E-state index contributed by atoms with van der Waals surface area (Å²) in [7, 11) is 1.70. The molecule has 0 aliphatic carbocycles. The number of hydrogen-bond donors (Lipinski definition) is 1. The standard InChI is InChI=1S/C21H26N4O2/c1-23-19(15-25-12-4-8-18(25)21(23)27)20(26)22-10-5-11-24-13-9-16-6-2-3-7-17(16)14-24/h2-4,6-8,12,19H,5,9-11,13-15H2,1H3,(H,22,26). The van der Waals surface area contributed by atoms with Gasteiger partial charge in [-0.25, -0.2) is 0 Å². The van der Waals surface area contributed by atoms with Crippen LogP contribution in [0.2, 0.25) is 0 Å². The van der Waals surface area contributed by atoms with Gasteiger partial charge in [0.2, 0.25) is 5.91 Å². The van der Waals surface area contributed by atoms with Gasteiger partial charge in [-0.1, -0.05) is 24.3 Å². The Morgan fingerprint density at radius 1 is 1.19 bits per heavy atom. The molecule has 0 radical (unpaired) electrons. The number of hydrogen-bond acceptors (Lipinski definition) is 3. The van der Waals surface area contributed by atoms with E-state index < -0.39 is 6.04 Å². The van der Waals surface area contributed by atoms with Crippen molar-refractivity contribution in [3.63, 3.8) is 0 Å². The van der Waals surface area contributed by atoms with Crippen molar-refractivity contribution < 1.29 is 9.59 Å². The zero-order chi connectivity index (χ0) is 18.8. The van der Waals surface area contributed by atoms with Crippen molar-refractivity contribution >= 4 is 11.8 Å². The molecule has 2 aliphatic heterocycles. The highest BCUT2D eigenvalue weighted by Crippen LogP contribution is 2.19. The lowest BCUT2D eigenvalue weighted by Gasteiger charge is -2.33. The third kappa shape index (κ3) is 3.62. The average Bonchev–Trinajstić information content (AvgIpc) is 3.16. The van der Waals surface area contributed by atoms with Crippen LogP contribution in [0.5, 0.6) is 0 Å². The summed E-state index contributed by atoms with van der Waals surface area (Å²) in [5, 5.41) is 3.01. The number of nitrogens with zero attached hydrogens (tertiary/aromatic N) is 3. The Labute approximate surface area is 159 Å². The first-order valence-electron chi connectivity index (χ1n) is 9.62. The van der Waals surface area contributed by atoms with Gasteiger partial charge in [0.1, 0.15) is 11.7 Å². The minimum atomic E-state index is -0.445. The second-order valence-electron chi connectivity index (χ2n) is 7.42. The molecular weight excluding hydrogens is 340 g/mol. The molecule has 0 saturated heterocycles. The molecule has 1 aromatic carbocycles. The number of fused-ring (bicyclic) bond motifs is 2. The van der Waals surface area contributed by atoms with Crippen molar-refractivity contribution in [2.75, 3.05) is 26.7 Å². The topological polar surface area (TPSA) is 57.6 Å². The van der Waals surface area contributed by atoms with E-state index in [9.17, 15) is 9.59 Å². The van der Waals surface area contributed by atoms with Crippen LogP contribution in [-0.4, -0.2) is 58.9 Å². The molecule has 3 heterocycles. The molecular formula is C21H26N4O2. The fraction of sp³-hybridized carbons (Fsp3) is 0.429. The van der Waals surface area contributed by atoms with Crippen LogP contribution in [0.4, 0.5) is 0 Å². The summed E-state index contributed by atoms with van der Waals surface area (Å²) in [6.07, 6.45) is 3.86. The number of aromatic nitrogens is 1. The van der Waals surface area contributed by atoms with Crippen LogP contribution < -0.4 is 5.32 Å². The summed E-state index contributed by atoms with van der Waals surface area (Å²) >= 11 is 0.